The zero-order chi connectivity index (χ0) is 31.3. The average Bonchev–Trinajstić information content (AvgIpc) is 3.80. The molecular formula is C46H28N2. The van der Waals surface area contributed by atoms with Crippen LogP contribution in [-0.2, 0) is 0 Å². The fourth-order valence-corrected chi connectivity index (χ4v) is 8.39. The molecule has 222 valence electrons. The summed E-state index contributed by atoms with van der Waals surface area (Å²) in [5.74, 6) is 0. The van der Waals surface area contributed by atoms with Crippen LogP contribution in [0, 0.1) is 0 Å². The first kappa shape index (κ1) is 25.8. The predicted octanol–water partition coefficient (Wildman–Crippen LogP) is 12.4. The van der Waals surface area contributed by atoms with E-state index in [1.165, 1.54) is 92.9 Å². The number of para-hydroxylation sites is 3. The van der Waals surface area contributed by atoms with E-state index < -0.39 is 0 Å². The van der Waals surface area contributed by atoms with Gasteiger partial charge in [0.15, 0.2) is 0 Å². The Morgan fingerprint density at radius 3 is 1.60 bits per heavy atom. The van der Waals surface area contributed by atoms with Gasteiger partial charge in [-0.3, -0.25) is 0 Å². The molecule has 3 aromatic heterocycles. The fourth-order valence-electron chi connectivity index (χ4n) is 8.39. The van der Waals surface area contributed by atoms with E-state index in [1.807, 2.05) is 0 Å². The molecule has 11 aromatic rings. The fraction of sp³-hybridized carbons (Fsp3) is 0. The SMILES string of the molecule is c1ccc(-c2cc(-c3ccccc3)cc(-n3c4ccccc4c4c5c(ccc6c7cccc8c9ccccc9n(c87)c65)ccc43)c2)cc1. The van der Waals surface area contributed by atoms with E-state index in [2.05, 4.69) is 179 Å². The lowest BCUT2D eigenvalue weighted by atomic mass is 9.98. The molecule has 11 rings (SSSR count). The first-order valence-electron chi connectivity index (χ1n) is 16.6. The first-order chi connectivity index (χ1) is 23.8. The van der Waals surface area contributed by atoms with Gasteiger partial charge in [0, 0.05) is 43.4 Å². The van der Waals surface area contributed by atoms with Gasteiger partial charge < -0.3 is 8.97 Å². The average molecular weight is 609 g/mol. The van der Waals surface area contributed by atoms with Crippen molar-refractivity contribution >= 4 is 70.7 Å². The normalized spacial score (nSPS) is 12.2. The van der Waals surface area contributed by atoms with Crippen LogP contribution in [0.2, 0.25) is 0 Å². The number of nitrogens with zero attached hydrogens (tertiary/aromatic N) is 2. The summed E-state index contributed by atoms with van der Waals surface area (Å²) in [4.78, 5) is 0. The summed E-state index contributed by atoms with van der Waals surface area (Å²) in [6.45, 7) is 0. The maximum atomic E-state index is 2.53. The zero-order valence-corrected chi connectivity index (χ0v) is 26.1. The highest BCUT2D eigenvalue weighted by molar-refractivity contribution is 6.33. The van der Waals surface area contributed by atoms with Gasteiger partial charge in [-0.25, -0.2) is 0 Å². The monoisotopic (exact) mass is 608 g/mol. The number of hydrogen-bond donors (Lipinski definition) is 0. The molecule has 0 bridgehead atoms. The van der Waals surface area contributed by atoms with Crippen molar-refractivity contribution in [3.8, 4) is 27.9 Å². The molecule has 8 aromatic carbocycles. The molecule has 0 spiro atoms. The molecule has 0 aliphatic carbocycles. The third kappa shape index (κ3) is 3.41. The standard InChI is InChI=1S/C46H28N2/c1-3-12-29(13-4-1)32-26-33(30-14-5-2-6-15-30)28-34(27-32)47-41-21-10-8-17-39(41)44-42(47)25-23-31-22-24-38-37-19-11-18-36-35-16-7-9-20-40(35)48(45(36)37)46(38)43(31)44/h1-28H. The van der Waals surface area contributed by atoms with Crippen molar-refractivity contribution in [3.05, 3.63) is 170 Å². The third-order valence-electron chi connectivity index (χ3n) is 10.4. The number of aromatic nitrogens is 2. The zero-order valence-electron chi connectivity index (χ0n) is 26.1. The summed E-state index contributed by atoms with van der Waals surface area (Å²) in [7, 11) is 0. The van der Waals surface area contributed by atoms with Crippen molar-refractivity contribution < 1.29 is 0 Å². The number of hydrogen-bond acceptors (Lipinski definition) is 0. The Bertz CT molecular complexity index is 2980. The van der Waals surface area contributed by atoms with E-state index in [1.54, 1.807) is 0 Å². The smallest absolute Gasteiger partial charge is 0.0627 e. The lowest BCUT2D eigenvalue weighted by Crippen LogP contribution is -1.96. The number of benzene rings is 8. The van der Waals surface area contributed by atoms with Gasteiger partial charge in [-0.05, 0) is 64.0 Å². The van der Waals surface area contributed by atoms with Gasteiger partial charge >= 0.3 is 0 Å². The Labute approximate surface area is 276 Å². The highest BCUT2D eigenvalue weighted by Gasteiger charge is 2.22. The van der Waals surface area contributed by atoms with Gasteiger partial charge in [-0.15, -0.1) is 0 Å². The first-order valence-corrected chi connectivity index (χ1v) is 16.6. The second-order valence-electron chi connectivity index (χ2n) is 12.9. The number of fused-ring (bicyclic) bond motifs is 12. The Morgan fingerprint density at radius 2 is 0.875 bits per heavy atom. The van der Waals surface area contributed by atoms with Gasteiger partial charge in [0.05, 0.1) is 27.6 Å². The van der Waals surface area contributed by atoms with Crippen LogP contribution in [0.5, 0.6) is 0 Å². The largest absolute Gasteiger partial charge is 0.309 e. The molecule has 48 heavy (non-hydrogen) atoms. The van der Waals surface area contributed by atoms with Crippen LogP contribution in [0.15, 0.2) is 170 Å². The topological polar surface area (TPSA) is 9.34 Å². The summed E-state index contributed by atoms with van der Waals surface area (Å²) >= 11 is 0. The Morgan fingerprint density at radius 1 is 0.312 bits per heavy atom. The molecule has 0 atom stereocenters. The van der Waals surface area contributed by atoms with Gasteiger partial charge in [-0.1, -0.05) is 133 Å². The van der Waals surface area contributed by atoms with Crippen LogP contribution in [0.3, 0.4) is 0 Å². The van der Waals surface area contributed by atoms with Crippen molar-refractivity contribution in [2.24, 2.45) is 0 Å². The third-order valence-corrected chi connectivity index (χ3v) is 10.4. The van der Waals surface area contributed by atoms with E-state index >= 15 is 0 Å². The summed E-state index contributed by atoms with van der Waals surface area (Å²) in [6.07, 6.45) is 0. The highest BCUT2D eigenvalue weighted by Crippen LogP contribution is 2.45. The Hall–Kier alpha value is -6.38. The van der Waals surface area contributed by atoms with E-state index in [9.17, 15) is 0 Å². The van der Waals surface area contributed by atoms with E-state index in [0.29, 0.717) is 0 Å². The lowest BCUT2D eigenvalue weighted by Gasteiger charge is -2.14. The minimum absolute atomic E-state index is 1.16. The van der Waals surface area contributed by atoms with E-state index in [0.717, 1.165) is 5.69 Å². The predicted molar refractivity (Wildman–Crippen MR) is 204 cm³/mol. The van der Waals surface area contributed by atoms with Gasteiger partial charge in [-0.2, -0.15) is 0 Å². The molecule has 0 fully saturated rings. The van der Waals surface area contributed by atoms with Gasteiger partial charge in [0.2, 0.25) is 0 Å². The lowest BCUT2D eigenvalue weighted by molar-refractivity contribution is 1.18. The number of rotatable bonds is 3. The van der Waals surface area contributed by atoms with Crippen molar-refractivity contribution in [1.82, 2.24) is 8.97 Å². The minimum Gasteiger partial charge on any atom is -0.309 e. The Balaban J connectivity index is 1.32. The van der Waals surface area contributed by atoms with E-state index in [-0.39, 0.29) is 0 Å². The van der Waals surface area contributed by atoms with E-state index in [4.69, 9.17) is 0 Å². The van der Waals surface area contributed by atoms with Gasteiger partial charge in [0.25, 0.3) is 0 Å². The molecule has 0 unspecified atom stereocenters. The van der Waals surface area contributed by atoms with Crippen LogP contribution >= 0.6 is 0 Å². The van der Waals surface area contributed by atoms with Gasteiger partial charge in [0.1, 0.15) is 0 Å². The molecule has 2 nitrogen and oxygen atoms in total. The van der Waals surface area contributed by atoms with Crippen LogP contribution in [0.1, 0.15) is 0 Å². The van der Waals surface area contributed by atoms with Crippen molar-refractivity contribution in [2.45, 2.75) is 0 Å². The molecule has 0 amide bonds. The summed E-state index contributed by atoms with van der Waals surface area (Å²) in [5.41, 5.74) is 12.3. The van der Waals surface area contributed by atoms with Crippen LogP contribution in [-0.4, -0.2) is 8.97 Å². The molecule has 0 aliphatic rings. The highest BCUT2D eigenvalue weighted by atomic mass is 15.0. The molecule has 0 radical (unpaired) electrons. The maximum Gasteiger partial charge on any atom is 0.0627 e. The van der Waals surface area contributed by atoms with Crippen LogP contribution < -0.4 is 0 Å². The van der Waals surface area contributed by atoms with Crippen molar-refractivity contribution in [3.63, 3.8) is 0 Å². The Kier molecular flexibility index (Phi) is 5.14. The second-order valence-corrected chi connectivity index (χ2v) is 12.9. The minimum atomic E-state index is 1.16. The molecule has 3 heterocycles. The van der Waals surface area contributed by atoms with Crippen LogP contribution in [0.4, 0.5) is 0 Å². The van der Waals surface area contributed by atoms with Crippen molar-refractivity contribution in [1.29, 1.82) is 0 Å². The molecular weight excluding hydrogens is 581 g/mol. The van der Waals surface area contributed by atoms with Crippen molar-refractivity contribution in [2.75, 3.05) is 0 Å². The summed E-state index contributed by atoms with van der Waals surface area (Å²) < 4.78 is 5.01. The molecule has 2 heteroatoms. The quantitative estimate of drug-likeness (QED) is 0.189. The molecule has 0 saturated carbocycles. The summed E-state index contributed by atoms with van der Waals surface area (Å²) in [5, 5.41) is 10.4. The second kappa shape index (κ2) is 9.57. The molecule has 0 N–H and O–H groups in total. The molecule has 0 saturated heterocycles. The van der Waals surface area contributed by atoms with Crippen LogP contribution in [0.25, 0.3) is 98.6 Å². The molecule has 0 aliphatic heterocycles. The maximum absolute atomic E-state index is 2.53. The summed E-state index contributed by atoms with van der Waals surface area (Å²) in [6, 6.07) is 62.4.